The van der Waals surface area contributed by atoms with Gasteiger partial charge in [0.05, 0.1) is 0 Å². The zero-order chi connectivity index (χ0) is 49.6. The van der Waals surface area contributed by atoms with Crippen molar-refractivity contribution < 1.29 is 4.74 Å². The maximum atomic E-state index is 7.23. The van der Waals surface area contributed by atoms with Gasteiger partial charge >= 0.3 is 0 Å². The maximum absolute atomic E-state index is 7.23. The van der Waals surface area contributed by atoms with Crippen LogP contribution in [0.4, 0.5) is 0 Å². The fraction of sp³-hybridized carbons (Fsp3) is 0.697. The molecule has 2 aromatic carbocycles. The molecular formula is C66H102N4O. The second-order valence-corrected chi connectivity index (χ2v) is 22.8. The minimum absolute atomic E-state index is 0.476. The quantitative estimate of drug-likeness (QED) is 0.0425. The highest BCUT2D eigenvalue weighted by Gasteiger charge is 2.28. The van der Waals surface area contributed by atoms with Crippen molar-refractivity contribution in [2.24, 2.45) is 11.8 Å². The largest absolute Gasteiger partial charge is 0.457 e. The van der Waals surface area contributed by atoms with Crippen molar-refractivity contribution in [3.63, 3.8) is 0 Å². The predicted octanol–water partition coefficient (Wildman–Crippen LogP) is 19.7. The number of benzene rings is 2. The molecule has 0 unspecified atom stereocenters. The first-order chi connectivity index (χ1) is 35.0. The monoisotopic (exact) mass is 967 g/mol. The number of nitrogens with zero attached hydrogens (tertiary/aromatic N) is 4. The van der Waals surface area contributed by atoms with Crippen LogP contribution in [0.2, 0.25) is 0 Å². The number of rotatable bonds is 36. The summed E-state index contributed by atoms with van der Waals surface area (Å²) in [6.07, 6.45) is 56.8. The molecule has 2 saturated carbocycles. The summed E-state index contributed by atoms with van der Waals surface area (Å²) >= 11 is 0. The van der Waals surface area contributed by atoms with Crippen molar-refractivity contribution >= 4 is 0 Å². The Morgan fingerprint density at radius 3 is 0.972 bits per heavy atom. The maximum Gasteiger partial charge on any atom is 0.131 e. The molecule has 5 nitrogen and oxygen atoms in total. The summed E-state index contributed by atoms with van der Waals surface area (Å²) < 4.78 is 7.23. The molecule has 0 atom stereocenters. The van der Waals surface area contributed by atoms with Crippen LogP contribution in [-0.2, 0) is 38.5 Å². The van der Waals surface area contributed by atoms with Crippen molar-refractivity contribution in [1.82, 2.24) is 19.9 Å². The molecule has 6 rings (SSSR count). The highest BCUT2D eigenvalue weighted by Crippen LogP contribution is 2.41. The van der Waals surface area contributed by atoms with Crippen molar-refractivity contribution in [3.05, 3.63) is 106 Å². The molecule has 5 heteroatoms. The topological polar surface area (TPSA) is 60.8 Å². The zero-order valence-corrected chi connectivity index (χ0v) is 46.2. The molecule has 0 spiro atoms. The molecule has 0 N–H and O–H groups in total. The molecule has 2 fully saturated rings. The highest BCUT2D eigenvalue weighted by atomic mass is 16.5. The normalized spacial score (nSPS) is 18.3. The van der Waals surface area contributed by atoms with Crippen molar-refractivity contribution in [1.29, 1.82) is 0 Å². The van der Waals surface area contributed by atoms with E-state index in [1.54, 1.807) is 0 Å². The molecule has 0 amide bonds. The second kappa shape index (κ2) is 34.0. The van der Waals surface area contributed by atoms with Crippen LogP contribution >= 0.6 is 0 Å². The number of aryl methyl sites for hydroxylation is 4. The van der Waals surface area contributed by atoms with Crippen LogP contribution in [-0.4, -0.2) is 19.9 Å². The molecule has 2 aliphatic carbocycles. The van der Waals surface area contributed by atoms with Gasteiger partial charge < -0.3 is 4.74 Å². The van der Waals surface area contributed by atoms with Gasteiger partial charge in [-0.1, -0.05) is 180 Å². The average molecular weight is 968 g/mol. The predicted molar refractivity (Wildman–Crippen MR) is 302 cm³/mol. The van der Waals surface area contributed by atoms with Crippen LogP contribution in [0, 0.1) is 11.8 Å². The number of hydrogen-bond donors (Lipinski definition) is 0. The van der Waals surface area contributed by atoms with Gasteiger partial charge in [-0.25, -0.2) is 19.9 Å². The van der Waals surface area contributed by atoms with Crippen LogP contribution in [0.25, 0.3) is 0 Å². The molecular weight excluding hydrogens is 865 g/mol. The lowest BCUT2D eigenvalue weighted by molar-refractivity contribution is 0.312. The van der Waals surface area contributed by atoms with Crippen LogP contribution in [0.1, 0.15) is 290 Å². The van der Waals surface area contributed by atoms with E-state index in [0.717, 1.165) is 61.7 Å². The first-order valence-electron chi connectivity index (χ1n) is 30.6. The van der Waals surface area contributed by atoms with Crippen LogP contribution in [0.5, 0.6) is 11.5 Å². The van der Waals surface area contributed by atoms with Crippen molar-refractivity contribution in [2.45, 2.75) is 284 Å². The van der Waals surface area contributed by atoms with Gasteiger partial charge in [-0.05, 0) is 173 Å². The molecule has 4 aromatic rings. The van der Waals surface area contributed by atoms with E-state index in [1.807, 2.05) is 0 Å². The third-order valence-corrected chi connectivity index (χ3v) is 16.6. The molecule has 0 saturated heterocycles. The lowest BCUT2D eigenvalue weighted by Gasteiger charge is -2.29. The van der Waals surface area contributed by atoms with Gasteiger partial charge in [-0.3, -0.25) is 0 Å². The van der Waals surface area contributed by atoms with E-state index in [-0.39, 0.29) is 0 Å². The van der Waals surface area contributed by atoms with Gasteiger partial charge in [-0.2, -0.15) is 0 Å². The van der Waals surface area contributed by atoms with Crippen molar-refractivity contribution in [2.75, 3.05) is 0 Å². The Kier molecular flexibility index (Phi) is 27.1. The Morgan fingerprint density at radius 1 is 0.352 bits per heavy atom. The van der Waals surface area contributed by atoms with Gasteiger partial charge in [0.2, 0.25) is 0 Å². The Morgan fingerprint density at radius 2 is 0.648 bits per heavy atom. The van der Waals surface area contributed by atoms with Gasteiger partial charge in [0.25, 0.3) is 0 Å². The summed E-state index contributed by atoms with van der Waals surface area (Å²) in [7, 11) is 0. The van der Waals surface area contributed by atoms with Crippen LogP contribution in [0.3, 0.4) is 0 Å². The Labute approximate surface area is 435 Å². The number of hydrogen-bond acceptors (Lipinski definition) is 5. The molecule has 71 heavy (non-hydrogen) atoms. The summed E-state index contributed by atoms with van der Waals surface area (Å²) in [5.74, 6) is 6.55. The van der Waals surface area contributed by atoms with E-state index in [4.69, 9.17) is 24.7 Å². The zero-order valence-electron chi connectivity index (χ0n) is 46.2. The molecule has 2 heterocycles. The van der Waals surface area contributed by atoms with Gasteiger partial charge in [-0.15, -0.1) is 0 Å². The first-order valence-corrected chi connectivity index (χ1v) is 30.6. The molecule has 0 bridgehead atoms. The summed E-state index contributed by atoms with van der Waals surface area (Å²) in [6.45, 7) is 9.21. The summed E-state index contributed by atoms with van der Waals surface area (Å²) in [5.41, 5.74) is 8.38. The highest BCUT2D eigenvalue weighted by molar-refractivity contribution is 5.45. The molecule has 0 aliphatic heterocycles. The smallest absolute Gasteiger partial charge is 0.131 e. The average Bonchev–Trinajstić information content (AvgIpc) is 3.40. The number of unbranched alkanes of at least 4 members (excludes halogenated alkanes) is 20. The van der Waals surface area contributed by atoms with E-state index < -0.39 is 0 Å². The molecule has 0 radical (unpaired) electrons. The number of ether oxygens (including phenoxy) is 1. The van der Waals surface area contributed by atoms with Crippen LogP contribution in [0.15, 0.2) is 61.2 Å². The third kappa shape index (κ3) is 21.0. The van der Waals surface area contributed by atoms with E-state index in [9.17, 15) is 0 Å². The Bertz CT molecular complexity index is 1830. The minimum atomic E-state index is 0.476. The fourth-order valence-corrected chi connectivity index (χ4v) is 11.9. The van der Waals surface area contributed by atoms with E-state index in [0.29, 0.717) is 23.7 Å². The van der Waals surface area contributed by atoms with Crippen molar-refractivity contribution in [3.8, 4) is 11.5 Å². The second-order valence-electron chi connectivity index (χ2n) is 22.8. The lowest BCUT2D eigenvalue weighted by atomic mass is 9.78. The van der Waals surface area contributed by atoms with Gasteiger partial charge in [0, 0.05) is 36.6 Å². The van der Waals surface area contributed by atoms with E-state index >= 15 is 0 Å². The standard InChI is InChI=1S/C66H102N4O/c1-5-9-13-17-19-23-27-31-57-49-67-65(68-50-57)59-39-33-55(34-40-59)47-61-45-53(29-25-21-15-11-7-3)37-43-63(61)71-64-44-38-54(30-26-22-16-12-8-4)46-62(64)48-56-35-41-60(42-36-56)66-69-51-58(52-70-66)32-28-24-20-18-14-10-6-2/h37-38,43-46,49-52,55-56,59-60H,5-36,39-42,47-48H2,1-4H3. The SMILES string of the molecule is CCCCCCCCCc1cnc(C2CCC(Cc3cc(CCCCCCC)ccc3Oc3ccc(CCCCCCC)cc3CC3CCC(c4ncc(CCCCCCCCC)cn4)CC3)CC2)nc1. The van der Waals surface area contributed by atoms with E-state index in [2.05, 4.69) is 88.9 Å². The fourth-order valence-electron chi connectivity index (χ4n) is 11.9. The molecule has 2 aromatic heterocycles. The number of aromatic nitrogens is 4. The lowest BCUT2D eigenvalue weighted by Crippen LogP contribution is -2.18. The van der Waals surface area contributed by atoms with Gasteiger partial charge in [0.15, 0.2) is 0 Å². The van der Waals surface area contributed by atoms with E-state index in [1.165, 1.54) is 239 Å². The first kappa shape index (κ1) is 56.7. The summed E-state index contributed by atoms with van der Waals surface area (Å²) in [5, 5.41) is 0. The summed E-state index contributed by atoms with van der Waals surface area (Å²) in [4.78, 5) is 19.8. The minimum Gasteiger partial charge on any atom is -0.457 e. The van der Waals surface area contributed by atoms with Crippen LogP contribution < -0.4 is 4.74 Å². The summed E-state index contributed by atoms with van der Waals surface area (Å²) in [6, 6.07) is 14.5. The van der Waals surface area contributed by atoms with Gasteiger partial charge in [0.1, 0.15) is 23.1 Å². The molecule has 392 valence electrons. The Hall–Kier alpha value is -3.60. The molecule has 2 aliphatic rings. The third-order valence-electron chi connectivity index (χ3n) is 16.6. The Balaban J connectivity index is 1.08.